The normalized spacial score (nSPS) is 22.4. The average Bonchev–Trinajstić information content (AvgIpc) is 2.43. The minimum atomic E-state index is -0.524. The highest BCUT2D eigenvalue weighted by Crippen LogP contribution is 2.29. The quantitative estimate of drug-likeness (QED) is 0.897. The van der Waals surface area contributed by atoms with Crippen molar-refractivity contribution < 1.29 is 9.53 Å². The molecule has 0 bridgehead atoms. The molecular weight excluding hydrogens is 276 g/mol. The Bertz CT molecular complexity index is 485. The van der Waals surface area contributed by atoms with Crippen LogP contribution < -0.4 is 15.4 Å². The lowest BCUT2D eigenvalue weighted by atomic mass is 9.90. The smallest absolute Gasteiger partial charge is 0.244 e. The van der Waals surface area contributed by atoms with Crippen LogP contribution in [0.2, 0.25) is 5.02 Å². The van der Waals surface area contributed by atoms with Crippen LogP contribution in [0, 0.1) is 0 Å². The van der Waals surface area contributed by atoms with Gasteiger partial charge < -0.3 is 15.4 Å². The largest absolute Gasteiger partial charge is 0.492 e. The van der Waals surface area contributed by atoms with Crippen LogP contribution >= 0.6 is 11.6 Å². The summed E-state index contributed by atoms with van der Waals surface area (Å²) in [7, 11) is 0. The van der Waals surface area contributed by atoms with E-state index in [1.165, 1.54) is 0 Å². The molecule has 1 saturated heterocycles. The molecular formula is C15H21ClN2O2. The lowest BCUT2D eigenvalue weighted by molar-refractivity contribution is -0.122. The standard InChI is InChI=1S/C15H21ClN2O2/c1-3-20-13-7-6-11(16)10-12(13)18-14(19)15(2)8-4-5-9-17-15/h6-7,10,17H,3-5,8-9H2,1-2H3,(H,18,19). The molecule has 1 aromatic carbocycles. The van der Waals surface area contributed by atoms with Crippen LogP contribution in [0.15, 0.2) is 18.2 Å². The number of carbonyl (C=O) groups is 1. The Kier molecular flexibility index (Phi) is 4.89. The Morgan fingerprint density at radius 2 is 2.30 bits per heavy atom. The predicted molar refractivity (Wildman–Crippen MR) is 81.5 cm³/mol. The van der Waals surface area contributed by atoms with Gasteiger partial charge in [0.05, 0.1) is 17.8 Å². The van der Waals surface area contributed by atoms with Gasteiger partial charge in [-0.25, -0.2) is 0 Å². The summed E-state index contributed by atoms with van der Waals surface area (Å²) in [5, 5.41) is 6.81. The summed E-state index contributed by atoms with van der Waals surface area (Å²) in [5.41, 5.74) is 0.0993. The third kappa shape index (κ3) is 3.44. The molecule has 5 heteroatoms. The molecule has 1 aromatic rings. The van der Waals surface area contributed by atoms with E-state index < -0.39 is 5.54 Å². The van der Waals surface area contributed by atoms with E-state index in [0.717, 1.165) is 25.8 Å². The maximum atomic E-state index is 12.5. The minimum absolute atomic E-state index is 0.0413. The van der Waals surface area contributed by atoms with E-state index in [0.29, 0.717) is 23.1 Å². The third-order valence-electron chi connectivity index (χ3n) is 3.61. The number of hydrogen-bond acceptors (Lipinski definition) is 3. The molecule has 2 rings (SSSR count). The Balaban J connectivity index is 2.16. The molecule has 0 saturated carbocycles. The van der Waals surface area contributed by atoms with Crippen LogP contribution in [0.4, 0.5) is 5.69 Å². The summed E-state index contributed by atoms with van der Waals surface area (Å²) in [6.07, 6.45) is 3.01. The highest BCUT2D eigenvalue weighted by Gasteiger charge is 2.34. The van der Waals surface area contributed by atoms with Gasteiger partial charge in [-0.15, -0.1) is 0 Å². The maximum Gasteiger partial charge on any atom is 0.244 e. The van der Waals surface area contributed by atoms with E-state index in [-0.39, 0.29) is 5.91 Å². The fourth-order valence-corrected chi connectivity index (χ4v) is 2.56. The van der Waals surface area contributed by atoms with E-state index in [2.05, 4.69) is 10.6 Å². The zero-order valence-corrected chi connectivity index (χ0v) is 12.7. The van der Waals surface area contributed by atoms with Crippen LogP contribution in [0.1, 0.15) is 33.1 Å². The van der Waals surface area contributed by atoms with Gasteiger partial charge in [-0.2, -0.15) is 0 Å². The fraction of sp³-hybridized carbons (Fsp3) is 0.533. The Morgan fingerprint density at radius 3 is 2.95 bits per heavy atom. The highest BCUT2D eigenvalue weighted by molar-refractivity contribution is 6.31. The molecule has 1 fully saturated rings. The molecule has 0 aliphatic carbocycles. The molecule has 0 spiro atoms. The molecule has 20 heavy (non-hydrogen) atoms. The zero-order chi connectivity index (χ0) is 14.6. The molecule has 1 unspecified atom stereocenters. The lowest BCUT2D eigenvalue weighted by Gasteiger charge is -2.33. The van der Waals surface area contributed by atoms with Gasteiger partial charge in [0.1, 0.15) is 5.75 Å². The van der Waals surface area contributed by atoms with Crippen molar-refractivity contribution >= 4 is 23.2 Å². The van der Waals surface area contributed by atoms with Gasteiger partial charge in [0.15, 0.2) is 0 Å². The number of anilines is 1. The molecule has 0 radical (unpaired) electrons. The molecule has 110 valence electrons. The SMILES string of the molecule is CCOc1ccc(Cl)cc1NC(=O)C1(C)CCCCN1. The van der Waals surface area contributed by atoms with Crippen molar-refractivity contribution in [1.29, 1.82) is 0 Å². The molecule has 1 amide bonds. The molecule has 1 aliphatic rings. The van der Waals surface area contributed by atoms with Crippen molar-refractivity contribution in [2.45, 2.75) is 38.6 Å². The molecule has 1 aliphatic heterocycles. The topological polar surface area (TPSA) is 50.4 Å². The van der Waals surface area contributed by atoms with Gasteiger partial charge in [-0.05, 0) is 57.9 Å². The van der Waals surface area contributed by atoms with Gasteiger partial charge in [0, 0.05) is 5.02 Å². The van der Waals surface area contributed by atoms with Crippen molar-refractivity contribution in [3.05, 3.63) is 23.2 Å². The summed E-state index contributed by atoms with van der Waals surface area (Å²) < 4.78 is 5.52. The molecule has 0 aromatic heterocycles. The van der Waals surface area contributed by atoms with Gasteiger partial charge in [0.25, 0.3) is 0 Å². The third-order valence-corrected chi connectivity index (χ3v) is 3.84. The number of piperidine rings is 1. The van der Waals surface area contributed by atoms with E-state index in [1.54, 1.807) is 18.2 Å². The van der Waals surface area contributed by atoms with Crippen molar-refractivity contribution in [2.75, 3.05) is 18.5 Å². The van der Waals surface area contributed by atoms with Crippen LogP contribution in [-0.2, 0) is 4.79 Å². The second-order valence-electron chi connectivity index (χ2n) is 5.24. The van der Waals surface area contributed by atoms with Crippen LogP contribution in [0.25, 0.3) is 0 Å². The summed E-state index contributed by atoms with van der Waals surface area (Å²) in [4.78, 5) is 12.5. The fourth-order valence-electron chi connectivity index (χ4n) is 2.39. The van der Waals surface area contributed by atoms with Crippen LogP contribution in [0.3, 0.4) is 0 Å². The summed E-state index contributed by atoms with van der Waals surface area (Å²) >= 11 is 6.00. The first-order valence-corrected chi connectivity index (χ1v) is 7.42. The molecule has 1 atom stereocenters. The molecule has 1 heterocycles. The summed E-state index contributed by atoms with van der Waals surface area (Å²) in [6, 6.07) is 5.25. The minimum Gasteiger partial charge on any atom is -0.492 e. The van der Waals surface area contributed by atoms with E-state index in [1.807, 2.05) is 13.8 Å². The van der Waals surface area contributed by atoms with Crippen molar-refractivity contribution in [3.63, 3.8) is 0 Å². The number of ether oxygens (including phenoxy) is 1. The number of carbonyl (C=O) groups excluding carboxylic acids is 1. The average molecular weight is 297 g/mol. The Morgan fingerprint density at radius 1 is 1.50 bits per heavy atom. The molecule has 4 nitrogen and oxygen atoms in total. The number of rotatable bonds is 4. The monoisotopic (exact) mass is 296 g/mol. The van der Waals surface area contributed by atoms with Crippen LogP contribution in [-0.4, -0.2) is 24.6 Å². The molecule has 2 N–H and O–H groups in total. The number of nitrogens with one attached hydrogen (secondary N) is 2. The lowest BCUT2D eigenvalue weighted by Crippen LogP contribution is -2.54. The number of benzene rings is 1. The van der Waals surface area contributed by atoms with Crippen LogP contribution in [0.5, 0.6) is 5.75 Å². The number of amides is 1. The maximum absolute atomic E-state index is 12.5. The second-order valence-corrected chi connectivity index (χ2v) is 5.68. The predicted octanol–water partition coefficient (Wildman–Crippen LogP) is 3.21. The second kappa shape index (κ2) is 6.46. The first-order chi connectivity index (χ1) is 9.55. The number of halogens is 1. The van der Waals surface area contributed by atoms with Gasteiger partial charge in [-0.3, -0.25) is 4.79 Å². The highest BCUT2D eigenvalue weighted by atomic mass is 35.5. The van der Waals surface area contributed by atoms with Gasteiger partial charge in [0.2, 0.25) is 5.91 Å². The van der Waals surface area contributed by atoms with Crippen molar-refractivity contribution in [1.82, 2.24) is 5.32 Å². The van der Waals surface area contributed by atoms with E-state index >= 15 is 0 Å². The van der Waals surface area contributed by atoms with E-state index in [9.17, 15) is 4.79 Å². The van der Waals surface area contributed by atoms with E-state index in [4.69, 9.17) is 16.3 Å². The first-order valence-electron chi connectivity index (χ1n) is 7.04. The number of hydrogen-bond donors (Lipinski definition) is 2. The first kappa shape index (κ1) is 15.1. The summed E-state index contributed by atoms with van der Waals surface area (Å²) in [5.74, 6) is 0.602. The van der Waals surface area contributed by atoms with Gasteiger partial charge >= 0.3 is 0 Å². The summed E-state index contributed by atoms with van der Waals surface area (Å²) in [6.45, 7) is 5.26. The Hall–Kier alpha value is -1.26. The zero-order valence-electron chi connectivity index (χ0n) is 12.0. The van der Waals surface area contributed by atoms with Crippen molar-refractivity contribution in [2.24, 2.45) is 0 Å². The Labute approximate surface area is 124 Å². The van der Waals surface area contributed by atoms with Crippen molar-refractivity contribution in [3.8, 4) is 5.75 Å². The van der Waals surface area contributed by atoms with Gasteiger partial charge in [-0.1, -0.05) is 11.6 Å².